The van der Waals surface area contributed by atoms with Gasteiger partial charge in [-0.1, -0.05) is 11.6 Å². The van der Waals surface area contributed by atoms with E-state index in [4.69, 9.17) is 11.6 Å². The third kappa shape index (κ3) is 1.28. The lowest BCUT2D eigenvalue weighted by atomic mass is 10.1. The van der Waals surface area contributed by atoms with Crippen LogP contribution >= 0.6 is 11.6 Å². The summed E-state index contributed by atoms with van der Waals surface area (Å²) in [6, 6.07) is 3.17. The summed E-state index contributed by atoms with van der Waals surface area (Å²) in [5, 5.41) is 0.120. The minimum atomic E-state index is -0.395. The van der Waals surface area contributed by atoms with E-state index < -0.39 is 5.82 Å². The highest BCUT2D eigenvalue weighted by Crippen LogP contribution is 2.33. The molecule has 1 aliphatic rings. The molecule has 1 aromatic carbocycles. The first-order valence-corrected chi connectivity index (χ1v) is 4.74. The molecule has 2 nitrogen and oxygen atoms in total. The number of hydrogen-bond acceptors (Lipinski definition) is 1. The zero-order chi connectivity index (χ0) is 10.3. The van der Waals surface area contributed by atoms with Crippen molar-refractivity contribution in [2.45, 2.75) is 13.3 Å². The predicted octanol–water partition coefficient (Wildman–Crippen LogP) is 2.39. The Morgan fingerprint density at radius 1 is 1.57 bits per heavy atom. The average molecular weight is 214 g/mol. The number of nitrogens with zero attached hydrogens (tertiary/aromatic N) is 1. The van der Waals surface area contributed by atoms with Crippen molar-refractivity contribution in [3.05, 3.63) is 28.5 Å². The number of amides is 1. The van der Waals surface area contributed by atoms with Gasteiger partial charge < -0.3 is 4.90 Å². The van der Waals surface area contributed by atoms with Gasteiger partial charge in [0.15, 0.2) is 0 Å². The molecule has 14 heavy (non-hydrogen) atoms. The van der Waals surface area contributed by atoms with Crippen LogP contribution in [-0.2, 0) is 11.2 Å². The van der Waals surface area contributed by atoms with Crippen LogP contribution in [0.15, 0.2) is 12.1 Å². The summed E-state index contributed by atoms with van der Waals surface area (Å²) in [5.74, 6) is -0.460. The van der Waals surface area contributed by atoms with E-state index in [-0.39, 0.29) is 10.9 Å². The van der Waals surface area contributed by atoms with Crippen LogP contribution in [0.3, 0.4) is 0 Å². The molecule has 1 heterocycles. The van der Waals surface area contributed by atoms with E-state index in [0.717, 1.165) is 0 Å². The van der Waals surface area contributed by atoms with Crippen molar-refractivity contribution in [3.8, 4) is 0 Å². The molecule has 0 aliphatic carbocycles. The molecule has 1 amide bonds. The molecule has 1 aromatic rings. The Balaban J connectivity index is 2.53. The van der Waals surface area contributed by atoms with Gasteiger partial charge in [0.05, 0.1) is 5.02 Å². The number of halogens is 2. The number of anilines is 1. The maximum atomic E-state index is 13.5. The standard InChI is InChI=1S/C10H9ClFNO/c1-6(14)13-5-4-7-9(13)3-2-8(11)10(7)12/h2-3H,4-5H2,1H3. The Morgan fingerprint density at radius 3 is 2.93 bits per heavy atom. The fourth-order valence-corrected chi connectivity index (χ4v) is 1.92. The van der Waals surface area contributed by atoms with Crippen molar-refractivity contribution in [2.75, 3.05) is 11.4 Å². The van der Waals surface area contributed by atoms with Crippen LogP contribution in [0.25, 0.3) is 0 Å². The summed E-state index contributed by atoms with van der Waals surface area (Å²) in [4.78, 5) is 12.7. The Morgan fingerprint density at radius 2 is 2.29 bits per heavy atom. The third-order valence-electron chi connectivity index (χ3n) is 2.43. The molecular formula is C10H9ClFNO. The van der Waals surface area contributed by atoms with Crippen LogP contribution < -0.4 is 4.90 Å². The second-order valence-corrected chi connectivity index (χ2v) is 3.69. The monoisotopic (exact) mass is 213 g/mol. The minimum absolute atomic E-state index is 0.0644. The van der Waals surface area contributed by atoms with Crippen LogP contribution in [0.1, 0.15) is 12.5 Å². The summed E-state index contributed by atoms with van der Waals surface area (Å²) < 4.78 is 13.5. The van der Waals surface area contributed by atoms with Crippen molar-refractivity contribution in [2.24, 2.45) is 0 Å². The highest BCUT2D eigenvalue weighted by Gasteiger charge is 2.25. The third-order valence-corrected chi connectivity index (χ3v) is 2.72. The van der Waals surface area contributed by atoms with Crippen LogP contribution in [0.5, 0.6) is 0 Å². The van der Waals surface area contributed by atoms with E-state index in [2.05, 4.69) is 0 Å². The predicted molar refractivity (Wildman–Crippen MR) is 53.1 cm³/mol. The first-order chi connectivity index (χ1) is 6.61. The van der Waals surface area contributed by atoms with Gasteiger partial charge in [-0.3, -0.25) is 4.79 Å². The van der Waals surface area contributed by atoms with E-state index in [0.29, 0.717) is 24.2 Å². The number of carbonyl (C=O) groups is 1. The van der Waals surface area contributed by atoms with Gasteiger partial charge in [-0.15, -0.1) is 0 Å². The van der Waals surface area contributed by atoms with Crippen molar-refractivity contribution >= 4 is 23.2 Å². The first-order valence-electron chi connectivity index (χ1n) is 4.36. The fraction of sp³-hybridized carbons (Fsp3) is 0.300. The molecule has 0 spiro atoms. The van der Waals surface area contributed by atoms with Gasteiger partial charge in [-0.25, -0.2) is 4.39 Å². The smallest absolute Gasteiger partial charge is 0.223 e. The molecule has 74 valence electrons. The Hall–Kier alpha value is -1.09. The summed E-state index contributed by atoms with van der Waals surface area (Å²) in [6.45, 7) is 2.02. The zero-order valence-electron chi connectivity index (χ0n) is 7.68. The fourth-order valence-electron chi connectivity index (χ4n) is 1.74. The van der Waals surface area contributed by atoms with Crippen LogP contribution in [0.2, 0.25) is 5.02 Å². The summed E-state index contributed by atoms with van der Waals surface area (Å²) in [6.07, 6.45) is 0.543. The first kappa shape index (κ1) is 9.46. The van der Waals surface area contributed by atoms with Gasteiger partial charge in [-0.05, 0) is 18.6 Å². The topological polar surface area (TPSA) is 20.3 Å². The van der Waals surface area contributed by atoms with Crippen LogP contribution in [-0.4, -0.2) is 12.5 Å². The number of rotatable bonds is 0. The molecule has 0 bridgehead atoms. The lowest BCUT2D eigenvalue weighted by Gasteiger charge is -2.14. The molecule has 0 N–H and O–H groups in total. The molecule has 0 radical (unpaired) electrons. The van der Waals surface area contributed by atoms with Gasteiger partial charge in [-0.2, -0.15) is 0 Å². The van der Waals surface area contributed by atoms with Gasteiger partial charge in [0.25, 0.3) is 0 Å². The van der Waals surface area contributed by atoms with E-state index in [1.165, 1.54) is 13.0 Å². The second kappa shape index (κ2) is 3.24. The average Bonchev–Trinajstić information content (AvgIpc) is 2.55. The highest BCUT2D eigenvalue weighted by molar-refractivity contribution is 6.31. The molecule has 2 rings (SSSR count). The van der Waals surface area contributed by atoms with E-state index in [9.17, 15) is 9.18 Å². The molecule has 0 saturated heterocycles. The molecular weight excluding hydrogens is 205 g/mol. The molecule has 1 aliphatic heterocycles. The molecule has 0 aromatic heterocycles. The molecule has 0 fully saturated rings. The van der Waals surface area contributed by atoms with E-state index in [1.807, 2.05) is 0 Å². The quantitative estimate of drug-likeness (QED) is 0.648. The summed E-state index contributed by atoms with van der Waals surface area (Å²) >= 11 is 5.64. The lowest BCUT2D eigenvalue weighted by molar-refractivity contribution is -0.116. The number of hydrogen-bond donors (Lipinski definition) is 0. The van der Waals surface area contributed by atoms with Gasteiger partial charge in [0, 0.05) is 24.7 Å². The van der Waals surface area contributed by atoms with Gasteiger partial charge in [0.1, 0.15) is 5.82 Å². The summed E-state index contributed by atoms with van der Waals surface area (Å²) in [7, 11) is 0. The largest absolute Gasteiger partial charge is 0.312 e. The zero-order valence-corrected chi connectivity index (χ0v) is 8.44. The van der Waals surface area contributed by atoms with Crippen LogP contribution in [0.4, 0.5) is 10.1 Å². The van der Waals surface area contributed by atoms with Crippen molar-refractivity contribution in [1.82, 2.24) is 0 Å². The molecule has 0 atom stereocenters. The number of benzene rings is 1. The second-order valence-electron chi connectivity index (χ2n) is 3.28. The van der Waals surface area contributed by atoms with Crippen molar-refractivity contribution in [1.29, 1.82) is 0 Å². The lowest BCUT2D eigenvalue weighted by Crippen LogP contribution is -2.25. The highest BCUT2D eigenvalue weighted by atomic mass is 35.5. The van der Waals surface area contributed by atoms with E-state index >= 15 is 0 Å². The van der Waals surface area contributed by atoms with Crippen molar-refractivity contribution < 1.29 is 9.18 Å². The van der Waals surface area contributed by atoms with E-state index in [1.54, 1.807) is 11.0 Å². The summed E-state index contributed by atoms with van der Waals surface area (Å²) in [5.41, 5.74) is 1.20. The maximum Gasteiger partial charge on any atom is 0.223 e. The molecule has 4 heteroatoms. The van der Waals surface area contributed by atoms with Crippen molar-refractivity contribution in [3.63, 3.8) is 0 Å². The molecule has 0 unspecified atom stereocenters. The van der Waals surface area contributed by atoms with Gasteiger partial charge >= 0.3 is 0 Å². The minimum Gasteiger partial charge on any atom is -0.312 e. The molecule has 0 saturated carbocycles. The number of carbonyl (C=O) groups excluding carboxylic acids is 1. The van der Waals surface area contributed by atoms with Crippen LogP contribution in [0, 0.1) is 5.82 Å². The number of fused-ring (bicyclic) bond motifs is 1. The Labute approximate surface area is 86.3 Å². The normalized spacial score (nSPS) is 14.4. The SMILES string of the molecule is CC(=O)N1CCc2c1ccc(Cl)c2F. The Kier molecular flexibility index (Phi) is 2.19. The van der Waals surface area contributed by atoms with Gasteiger partial charge in [0.2, 0.25) is 5.91 Å². The maximum absolute atomic E-state index is 13.5. The Bertz CT molecular complexity index is 405.